The van der Waals surface area contributed by atoms with Crippen LogP contribution in [0.4, 0.5) is 0 Å². The Balaban J connectivity index is 1.77. The summed E-state index contributed by atoms with van der Waals surface area (Å²) < 4.78 is 0. The van der Waals surface area contributed by atoms with Crippen LogP contribution in [0.5, 0.6) is 0 Å². The van der Waals surface area contributed by atoms with Crippen LogP contribution in [-0.2, 0) is 12.8 Å². The summed E-state index contributed by atoms with van der Waals surface area (Å²) in [4.78, 5) is 2.74. The predicted molar refractivity (Wildman–Crippen MR) is 80.5 cm³/mol. The topological polar surface area (TPSA) is 15.3 Å². The monoisotopic (exact) mass is 258 g/mol. The van der Waals surface area contributed by atoms with Crippen LogP contribution in [0.2, 0.25) is 0 Å². The molecule has 2 unspecified atom stereocenters. The van der Waals surface area contributed by atoms with Crippen molar-refractivity contribution in [3.63, 3.8) is 0 Å². The van der Waals surface area contributed by atoms with Crippen LogP contribution in [0.25, 0.3) is 0 Å². The zero-order valence-corrected chi connectivity index (χ0v) is 12.4. The highest BCUT2D eigenvalue weighted by Crippen LogP contribution is 2.28. The first-order valence-corrected chi connectivity index (χ1v) is 7.63. The van der Waals surface area contributed by atoms with E-state index in [0.29, 0.717) is 6.04 Å². The molecule has 3 rings (SSSR count). The fourth-order valence-electron chi connectivity index (χ4n) is 3.66. The highest BCUT2D eigenvalue weighted by Gasteiger charge is 2.35. The normalized spacial score (nSPS) is 30.9. The molecule has 0 radical (unpaired) electrons. The Labute approximate surface area is 117 Å². The number of hydrogen-bond donors (Lipinski definition) is 1. The van der Waals surface area contributed by atoms with Crippen molar-refractivity contribution in [2.24, 2.45) is 0 Å². The van der Waals surface area contributed by atoms with E-state index in [1.807, 2.05) is 0 Å². The Morgan fingerprint density at radius 2 is 1.95 bits per heavy atom. The third-order valence-electron chi connectivity index (χ3n) is 4.81. The molecule has 2 nitrogen and oxygen atoms in total. The maximum Gasteiger partial charge on any atom is 0.0253 e. The van der Waals surface area contributed by atoms with Crippen LogP contribution >= 0.6 is 0 Å². The highest BCUT2D eigenvalue weighted by molar-refractivity contribution is 5.30. The Bertz CT molecular complexity index is 452. The number of hydrogen-bond acceptors (Lipinski definition) is 2. The van der Waals surface area contributed by atoms with Gasteiger partial charge in [-0.3, -0.25) is 4.90 Å². The average molecular weight is 258 g/mol. The minimum Gasteiger partial charge on any atom is -0.309 e. The molecule has 0 aromatic heterocycles. The van der Waals surface area contributed by atoms with Crippen molar-refractivity contribution in [3.05, 3.63) is 35.4 Å². The molecule has 104 valence electrons. The molecule has 1 aromatic carbocycles. The van der Waals surface area contributed by atoms with Gasteiger partial charge in [0.1, 0.15) is 0 Å². The minimum absolute atomic E-state index is 0.253. The lowest BCUT2D eigenvalue weighted by Crippen LogP contribution is -2.63. The van der Waals surface area contributed by atoms with Gasteiger partial charge < -0.3 is 5.32 Å². The highest BCUT2D eigenvalue weighted by atomic mass is 15.3. The number of benzene rings is 1. The number of fused-ring (bicyclic) bond motifs is 1. The number of rotatable bonds is 1. The zero-order chi connectivity index (χ0) is 13.5. The third-order valence-corrected chi connectivity index (χ3v) is 4.81. The molecule has 1 saturated heterocycles. The lowest BCUT2D eigenvalue weighted by Gasteiger charge is -2.48. The van der Waals surface area contributed by atoms with E-state index in [1.54, 1.807) is 11.1 Å². The molecule has 1 aliphatic heterocycles. The second-order valence-electron chi connectivity index (χ2n) is 6.95. The van der Waals surface area contributed by atoms with E-state index in [2.05, 4.69) is 55.3 Å². The fourth-order valence-corrected chi connectivity index (χ4v) is 3.66. The van der Waals surface area contributed by atoms with E-state index in [1.165, 1.54) is 25.8 Å². The van der Waals surface area contributed by atoms with Gasteiger partial charge in [-0.15, -0.1) is 0 Å². The molecule has 1 heterocycles. The van der Waals surface area contributed by atoms with Crippen molar-refractivity contribution in [1.29, 1.82) is 0 Å². The Morgan fingerprint density at radius 1 is 1.21 bits per heavy atom. The van der Waals surface area contributed by atoms with Crippen LogP contribution in [0.3, 0.4) is 0 Å². The van der Waals surface area contributed by atoms with Crippen LogP contribution < -0.4 is 5.32 Å². The molecule has 2 heteroatoms. The van der Waals surface area contributed by atoms with Crippen molar-refractivity contribution in [1.82, 2.24) is 10.2 Å². The molecule has 0 saturated carbocycles. The number of aryl methyl sites for hydroxylation is 1. The molecule has 2 aliphatic rings. The molecule has 1 fully saturated rings. The number of nitrogens with zero attached hydrogens (tertiary/aromatic N) is 1. The molecule has 2 atom stereocenters. The maximum absolute atomic E-state index is 3.65. The summed E-state index contributed by atoms with van der Waals surface area (Å²) in [6.07, 6.45) is 3.80. The predicted octanol–water partition coefficient (Wildman–Crippen LogP) is 2.62. The smallest absolute Gasteiger partial charge is 0.0253 e. The van der Waals surface area contributed by atoms with Crippen LogP contribution in [0.1, 0.15) is 38.3 Å². The number of piperazine rings is 1. The van der Waals surface area contributed by atoms with Gasteiger partial charge in [0.2, 0.25) is 0 Å². The Hall–Kier alpha value is -0.860. The van der Waals surface area contributed by atoms with E-state index >= 15 is 0 Å². The van der Waals surface area contributed by atoms with Crippen molar-refractivity contribution in [3.8, 4) is 0 Å². The summed E-state index contributed by atoms with van der Waals surface area (Å²) in [5.74, 6) is 0. The first kappa shape index (κ1) is 13.1. The van der Waals surface area contributed by atoms with Gasteiger partial charge in [-0.25, -0.2) is 0 Å². The molecule has 0 bridgehead atoms. The molecule has 0 amide bonds. The van der Waals surface area contributed by atoms with Crippen molar-refractivity contribution in [2.45, 2.75) is 57.7 Å². The molecule has 1 aromatic rings. The molecular formula is C17H26N2. The summed E-state index contributed by atoms with van der Waals surface area (Å²) in [5.41, 5.74) is 3.40. The van der Waals surface area contributed by atoms with Gasteiger partial charge in [-0.2, -0.15) is 0 Å². The molecule has 1 N–H and O–H groups in total. The zero-order valence-electron chi connectivity index (χ0n) is 12.4. The van der Waals surface area contributed by atoms with Crippen molar-refractivity contribution in [2.75, 3.05) is 13.1 Å². The molecular weight excluding hydrogens is 232 g/mol. The van der Waals surface area contributed by atoms with Crippen molar-refractivity contribution >= 4 is 0 Å². The van der Waals surface area contributed by atoms with Gasteiger partial charge in [-0.05, 0) is 51.2 Å². The second-order valence-corrected chi connectivity index (χ2v) is 6.95. The standard InChI is InChI=1S/C17H26N2/c1-13-11-18-17(2,3)12-19(13)16-9-8-14-6-4-5-7-15(14)10-16/h4-7,13,16,18H,8-12H2,1-3H3. The van der Waals surface area contributed by atoms with E-state index in [-0.39, 0.29) is 5.54 Å². The SMILES string of the molecule is CC1CNC(C)(C)CN1C1CCc2ccccc2C1. The van der Waals surface area contributed by atoms with E-state index in [9.17, 15) is 0 Å². The van der Waals surface area contributed by atoms with Gasteiger partial charge >= 0.3 is 0 Å². The van der Waals surface area contributed by atoms with Gasteiger partial charge in [-0.1, -0.05) is 24.3 Å². The molecule has 19 heavy (non-hydrogen) atoms. The Morgan fingerprint density at radius 3 is 2.74 bits per heavy atom. The van der Waals surface area contributed by atoms with Crippen molar-refractivity contribution < 1.29 is 0 Å². The first-order valence-electron chi connectivity index (χ1n) is 7.63. The fraction of sp³-hybridized carbons (Fsp3) is 0.647. The molecule has 1 aliphatic carbocycles. The van der Waals surface area contributed by atoms with Crippen LogP contribution in [0.15, 0.2) is 24.3 Å². The maximum atomic E-state index is 3.65. The number of nitrogens with one attached hydrogen (secondary N) is 1. The summed E-state index contributed by atoms with van der Waals surface area (Å²) in [5, 5.41) is 3.65. The third kappa shape index (κ3) is 2.70. The summed E-state index contributed by atoms with van der Waals surface area (Å²) in [6, 6.07) is 10.4. The van der Waals surface area contributed by atoms with E-state index in [0.717, 1.165) is 12.6 Å². The van der Waals surface area contributed by atoms with Crippen LogP contribution in [-0.4, -0.2) is 35.6 Å². The van der Waals surface area contributed by atoms with Crippen LogP contribution in [0, 0.1) is 0 Å². The van der Waals surface area contributed by atoms with Gasteiger partial charge in [0.15, 0.2) is 0 Å². The largest absolute Gasteiger partial charge is 0.309 e. The summed E-state index contributed by atoms with van der Waals surface area (Å²) in [6.45, 7) is 9.29. The van der Waals surface area contributed by atoms with Gasteiger partial charge in [0, 0.05) is 30.7 Å². The lowest BCUT2D eigenvalue weighted by atomic mass is 9.85. The summed E-state index contributed by atoms with van der Waals surface area (Å²) >= 11 is 0. The quantitative estimate of drug-likeness (QED) is 0.833. The summed E-state index contributed by atoms with van der Waals surface area (Å²) in [7, 11) is 0. The second kappa shape index (κ2) is 4.92. The first-order chi connectivity index (χ1) is 9.05. The average Bonchev–Trinajstić information content (AvgIpc) is 2.41. The minimum atomic E-state index is 0.253. The van der Waals surface area contributed by atoms with E-state index < -0.39 is 0 Å². The Kier molecular flexibility index (Phi) is 3.40. The van der Waals surface area contributed by atoms with E-state index in [4.69, 9.17) is 0 Å². The molecule has 0 spiro atoms. The lowest BCUT2D eigenvalue weighted by molar-refractivity contribution is 0.0561. The van der Waals surface area contributed by atoms with Gasteiger partial charge in [0.25, 0.3) is 0 Å². The van der Waals surface area contributed by atoms with Gasteiger partial charge in [0.05, 0.1) is 0 Å².